The number of aromatic amines is 1. The van der Waals surface area contributed by atoms with Crippen LogP contribution in [0.4, 0.5) is 0 Å². The lowest BCUT2D eigenvalue weighted by atomic mass is 9.96. The average molecular weight is 326 g/mol. The molecule has 0 unspecified atom stereocenters. The third-order valence-corrected chi connectivity index (χ3v) is 5.58. The second-order valence-electron chi connectivity index (χ2n) is 7.12. The van der Waals surface area contributed by atoms with E-state index in [1.165, 1.54) is 25.7 Å². The maximum absolute atomic E-state index is 5.49. The van der Waals surface area contributed by atoms with Gasteiger partial charge in [-0.3, -0.25) is 10.00 Å². The van der Waals surface area contributed by atoms with E-state index in [4.69, 9.17) is 9.72 Å². The van der Waals surface area contributed by atoms with Crippen molar-refractivity contribution in [1.82, 2.24) is 20.1 Å². The highest BCUT2D eigenvalue weighted by Crippen LogP contribution is 2.36. The van der Waals surface area contributed by atoms with Crippen molar-refractivity contribution in [2.75, 3.05) is 26.8 Å². The second-order valence-corrected chi connectivity index (χ2v) is 7.12. The Morgan fingerprint density at radius 1 is 1.17 bits per heavy atom. The third kappa shape index (κ3) is 3.10. The van der Waals surface area contributed by atoms with E-state index < -0.39 is 0 Å². The number of methoxy groups -OCH3 is 1. The van der Waals surface area contributed by atoms with Gasteiger partial charge in [0.1, 0.15) is 5.82 Å². The van der Waals surface area contributed by atoms with E-state index in [2.05, 4.69) is 27.2 Å². The van der Waals surface area contributed by atoms with Gasteiger partial charge in [-0.15, -0.1) is 0 Å². The molecule has 0 spiro atoms. The summed E-state index contributed by atoms with van der Waals surface area (Å²) in [5.74, 6) is 2.68. The normalized spacial score (nSPS) is 25.5. The number of benzene rings is 1. The maximum atomic E-state index is 5.49. The number of nitrogens with zero attached hydrogens (tertiary/aromatic N) is 3. The van der Waals surface area contributed by atoms with Crippen LogP contribution < -0.4 is 0 Å². The second kappa shape index (κ2) is 7.03. The lowest BCUT2D eigenvalue weighted by molar-refractivity contribution is 0.142. The van der Waals surface area contributed by atoms with Crippen molar-refractivity contribution in [3.8, 4) is 11.4 Å². The first-order valence-electron chi connectivity index (χ1n) is 9.06. The van der Waals surface area contributed by atoms with Crippen LogP contribution in [0.3, 0.4) is 0 Å². The van der Waals surface area contributed by atoms with Crippen molar-refractivity contribution in [2.45, 2.75) is 37.6 Å². The monoisotopic (exact) mass is 326 g/mol. The predicted octanol–water partition coefficient (Wildman–Crippen LogP) is 3.08. The van der Waals surface area contributed by atoms with Gasteiger partial charge in [0, 0.05) is 43.6 Å². The lowest BCUT2D eigenvalue weighted by Gasteiger charge is -2.23. The van der Waals surface area contributed by atoms with Crippen LogP contribution in [-0.4, -0.2) is 52.9 Å². The molecule has 1 aromatic heterocycles. The largest absolute Gasteiger partial charge is 0.384 e. The van der Waals surface area contributed by atoms with E-state index in [-0.39, 0.29) is 0 Å². The number of aromatic nitrogens is 3. The summed E-state index contributed by atoms with van der Waals surface area (Å²) in [7, 11) is 1.80. The van der Waals surface area contributed by atoms with Crippen molar-refractivity contribution >= 4 is 0 Å². The van der Waals surface area contributed by atoms with Crippen molar-refractivity contribution in [1.29, 1.82) is 0 Å². The van der Waals surface area contributed by atoms with Gasteiger partial charge in [0.2, 0.25) is 0 Å². The highest BCUT2D eigenvalue weighted by molar-refractivity contribution is 5.53. The molecule has 1 saturated heterocycles. The van der Waals surface area contributed by atoms with Crippen molar-refractivity contribution < 1.29 is 4.74 Å². The molecular formula is C19H26N4O. The fraction of sp³-hybridized carbons (Fsp3) is 0.579. The molecule has 5 heteroatoms. The summed E-state index contributed by atoms with van der Waals surface area (Å²) < 4.78 is 5.49. The Morgan fingerprint density at radius 2 is 1.96 bits per heavy atom. The van der Waals surface area contributed by atoms with Gasteiger partial charge in [0.25, 0.3) is 0 Å². The van der Waals surface area contributed by atoms with E-state index in [9.17, 15) is 0 Å². The molecular weight excluding hydrogens is 300 g/mol. The molecule has 128 valence electrons. The topological polar surface area (TPSA) is 54.0 Å². The number of H-pyrrole nitrogens is 1. The minimum atomic E-state index is 0.385. The molecule has 24 heavy (non-hydrogen) atoms. The molecule has 1 N–H and O–H groups in total. The molecule has 0 radical (unpaired) electrons. The quantitative estimate of drug-likeness (QED) is 0.917. The molecule has 1 aliphatic heterocycles. The van der Waals surface area contributed by atoms with Crippen LogP contribution in [0.2, 0.25) is 0 Å². The summed E-state index contributed by atoms with van der Waals surface area (Å²) in [6.07, 6.45) is 5.44. The van der Waals surface area contributed by atoms with Gasteiger partial charge >= 0.3 is 0 Å². The number of ether oxygens (including phenoxy) is 1. The van der Waals surface area contributed by atoms with E-state index in [1.54, 1.807) is 7.11 Å². The summed E-state index contributed by atoms with van der Waals surface area (Å²) in [5, 5.41) is 7.66. The molecule has 1 aliphatic carbocycles. The zero-order valence-electron chi connectivity index (χ0n) is 14.3. The molecule has 4 rings (SSSR count). The Hall–Kier alpha value is -1.72. The number of hydrogen-bond donors (Lipinski definition) is 1. The smallest absolute Gasteiger partial charge is 0.181 e. The number of rotatable bonds is 5. The molecule has 2 aliphatic rings. The number of nitrogens with one attached hydrogen (secondary N) is 1. The molecule has 1 saturated carbocycles. The molecule has 2 atom stereocenters. The first-order valence-corrected chi connectivity index (χ1v) is 9.06. The van der Waals surface area contributed by atoms with Gasteiger partial charge in [-0.05, 0) is 12.8 Å². The fourth-order valence-electron chi connectivity index (χ4n) is 4.32. The first kappa shape index (κ1) is 15.8. The zero-order chi connectivity index (χ0) is 16.4. The summed E-state index contributed by atoms with van der Waals surface area (Å²) >= 11 is 0. The Kier molecular flexibility index (Phi) is 4.63. The van der Waals surface area contributed by atoms with E-state index in [0.29, 0.717) is 11.8 Å². The standard InChI is InChI=1S/C19H26N4O/c1-24-13-15-11-23(16-9-5-6-10-16)12-17(15)19-20-18(21-22-19)14-7-3-2-4-8-14/h2-4,7-8,15-17H,5-6,9-13H2,1H3,(H,20,21,22)/t15-,17+/m0/s1. The summed E-state index contributed by atoms with van der Waals surface area (Å²) in [4.78, 5) is 7.47. The lowest BCUT2D eigenvalue weighted by Crippen LogP contribution is -2.31. The maximum Gasteiger partial charge on any atom is 0.181 e. The molecule has 5 nitrogen and oxygen atoms in total. The third-order valence-electron chi connectivity index (χ3n) is 5.58. The van der Waals surface area contributed by atoms with E-state index in [0.717, 1.165) is 43.0 Å². The first-order chi connectivity index (χ1) is 11.8. The van der Waals surface area contributed by atoms with Gasteiger partial charge in [0.15, 0.2) is 5.82 Å². The van der Waals surface area contributed by atoms with E-state index in [1.807, 2.05) is 18.2 Å². The summed E-state index contributed by atoms with van der Waals surface area (Å²) in [6.45, 7) is 2.97. The number of hydrogen-bond acceptors (Lipinski definition) is 4. The number of likely N-dealkylation sites (tertiary alicyclic amines) is 1. The SMILES string of the molecule is COC[C@@H]1CN(C2CCCC2)C[C@H]1c1nc(-c2ccccc2)n[nH]1. The molecule has 2 fully saturated rings. The van der Waals surface area contributed by atoms with Crippen molar-refractivity contribution in [3.63, 3.8) is 0 Å². The Balaban J connectivity index is 1.54. The van der Waals surface area contributed by atoms with Crippen LogP contribution in [0.5, 0.6) is 0 Å². The van der Waals surface area contributed by atoms with E-state index >= 15 is 0 Å². The highest BCUT2D eigenvalue weighted by Gasteiger charge is 2.39. The minimum Gasteiger partial charge on any atom is -0.384 e. The summed E-state index contributed by atoms with van der Waals surface area (Å²) in [6, 6.07) is 10.9. The molecule has 0 amide bonds. The van der Waals surface area contributed by atoms with Crippen LogP contribution in [-0.2, 0) is 4.74 Å². The fourth-order valence-corrected chi connectivity index (χ4v) is 4.32. The van der Waals surface area contributed by atoms with Crippen LogP contribution in [0.25, 0.3) is 11.4 Å². The van der Waals surface area contributed by atoms with Crippen LogP contribution in [0.1, 0.15) is 37.4 Å². The van der Waals surface area contributed by atoms with Gasteiger partial charge in [0.05, 0.1) is 6.61 Å². The zero-order valence-corrected chi connectivity index (χ0v) is 14.3. The molecule has 2 heterocycles. The average Bonchev–Trinajstić information content (AvgIpc) is 3.36. The van der Waals surface area contributed by atoms with Crippen LogP contribution in [0, 0.1) is 5.92 Å². The van der Waals surface area contributed by atoms with Gasteiger partial charge in [-0.1, -0.05) is 43.2 Å². The Labute approximate surface area is 143 Å². The van der Waals surface area contributed by atoms with Crippen LogP contribution >= 0.6 is 0 Å². The van der Waals surface area contributed by atoms with Crippen molar-refractivity contribution in [3.05, 3.63) is 36.2 Å². The van der Waals surface area contributed by atoms with Gasteiger partial charge < -0.3 is 4.74 Å². The van der Waals surface area contributed by atoms with Crippen LogP contribution in [0.15, 0.2) is 30.3 Å². The van der Waals surface area contributed by atoms with Crippen molar-refractivity contribution in [2.24, 2.45) is 5.92 Å². The minimum absolute atomic E-state index is 0.385. The Morgan fingerprint density at radius 3 is 2.71 bits per heavy atom. The highest BCUT2D eigenvalue weighted by atomic mass is 16.5. The molecule has 0 bridgehead atoms. The summed E-state index contributed by atoms with van der Waals surface area (Å²) in [5.41, 5.74) is 1.06. The molecule has 1 aromatic carbocycles. The van der Waals surface area contributed by atoms with Gasteiger partial charge in [-0.2, -0.15) is 5.10 Å². The predicted molar refractivity (Wildman–Crippen MR) is 93.8 cm³/mol. The van der Waals surface area contributed by atoms with Gasteiger partial charge in [-0.25, -0.2) is 4.98 Å². The Bertz CT molecular complexity index is 650. The molecule has 2 aromatic rings.